The first kappa shape index (κ1) is 21.1. The summed E-state index contributed by atoms with van der Waals surface area (Å²) in [6, 6.07) is 20.3. The van der Waals surface area contributed by atoms with Crippen LogP contribution in [0.2, 0.25) is 0 Å². The summed E-state index contributed by atoms with van der Waals surface area (Å²) in [5.41, 5.74) is 4.50. The molecule has 0 bridgehead atoms. The highest BCUT2D eigenvalue weighted by Crippen LogP contribution is 2.26. The Balaban J connectivity index is 1.36. The standard InChI is InChI=1S/C25H23N3O4/c1-16-4-11-22(14-17(16)2)31-15-23(29)26-20-9-5-18(6-10-20)24-27-28-25(32-24)19-7-12-21(30-3)13-8-19/h4-14H,15H2,1-3H3,(H,26,29). The summed E-state index contributed by atoms with van der Waals surface area (Å²) in [6.45, 7) is 3.97. The van der Waals surface area contributed by atoms with Crippen LogP contribution < -0.4 is 14.8 Å². The first-order valence-corrected chi connectivity index (χ1v) is 10.1. The zero-order chi connectivity index (χ0) is 22.5. The number of aromatic nitrogens is 2. The molecule has 0 atom stereocenters. The molecule has 1 heterocycles. The molecule has 0 aliphatic heterocycles. The van der Waals surface area contributed by atoms with Crippen molar-refractivity contribution in [2.24, 2.45) is 0 Å². The molecule has 0 unspecified atom stereocenters. The monoisotopic (exact) mass is 429 g/mol. The van der Waals surface area contributed by atoms with Gasteiger partial charge in [-0.15, -0.1) is 10.2 Å². The third-order valence-corrected chi connectivity index (χ3v) is 5.03. The Labute approximate surface area is 186 Å². The summed E-state index contributed by atoms with van der Waals surface area (Å²) < 4.78 is 16.5. The lowest BCUT2D eigenvalue weighted by Gasteiger charge is -2.09. The number of methoxy groups -OCH3 is 1. The Morgan fingerprint density at radius 1 is 0.844 bits per heavy atom. The van der Waals surface area contributed by atoms with E-state index in [2.05, 4.69) is 15.5 Å². The fourth-order valence-electron chi connectivity index (χ4n) is 3.04. The van der Waals surface area contributed by atoms with Gasteiger partial charge in [-0.2, -0.15) is 0 Å². The van der Waals surface area contributed by atoms with E-state index in [4.69, 9.17) is 13.9 Å². The molecule has 3 aromatic carbocycles. The van der Waals surface area contributed by atoms with Crippen LogP contribution in [0.25, 0.3) is 22.9 Å². The molecule has 1 amide bonds. The topological polar surface area (TPSA) is 86.5 Å². The number of ether oxygens (including phenoxy) is 2. The summed E-state index contributed by atoms with van der Waals surface area (Å²) in [6.07, 6.45) is 0. The summed E-state index contributed by atoms with van der Waals surface area (Å²) in [5, 5.41) is 11.0. The van der Waals surface area contributed by atoms with E-state index < -0.39 is 0 Å². The number of carbonyl (C=O) groups excluding carboxylic acids is 1. The maximum Gasteiger partial charge on any atom is 0.262 e. The largest absolute Gasteiger partial charge is 0.497 e. The first-order valence-electron chi connectivity index (χ1n) is 10.1. The van der Waals surface area contributed by atoms with E-state index in [1.54, 1.807) is 19.2 Å². The molecule has 4 aromatic rings. The molecule has 7 heteroatoms. The highest BCUT2D eigenvalue weighted by atomic mass is 16.5. The molecular weight excluding hydrogens is 406 g/mol. The summed E-state index contributed by atoms with van der Waals surface area (Å²) in [5.74, 6) is 2.00. The third-order valence-electron chi connectivity index (χ3n) is 5.03. The first-order chi connectivity index (χ1) is 15.5. The molecule has 7 nitrogen and oxygen atoms in total. The average Bonchev–Trinajstić information content (AvgIpc) is 3.31. The molecule has 0 fully saturated rings. The van der Waals surface area contributed by atoms with Gasteiger partial charge in [0, 0.05) is 16.8 Å². The van der Waals surface area contributed by atoms with Gasteiger partial charge in [0.15, 0.2) is 6.61 Å². The van der Waals surface area contributed by atoms with Crippen molar-refractivity contribution in [3.05, 3.63) is 77.9 Å². The van der Waals surface area contributed by atoms with Crippen molar-refractivity contribution >= 4 is 11.6 Å². The van der Waals surface area contributed by atoms with Crippen molar-refractivity contribution in [1.29, 1.82) is 0 Å². The lowest BCUT2D eigenvalue weighted by molar-refractivity contribution is -0.118. The number of amides is 1. The SMILES string of the molecule is COc1ccc(-c2nnc(-c3ccc(NC(=O)COc4ccc(C)c(C)c4)cc3)o2)cc1. The summed E-state index contributed by atoms with van der Waals surface area (Å²) in [7, 11) is 1.61. The number of nitrogens with zero attached hydrogens (tertiary/aromatic N) is 2. The maximum absolute atomic E-state index is 12.2. The Morgan fingerprint density at radius 3 is 2.03 bits per heavy atom. The second kappa shape index (κ2) is 9.34. The molecule has 0 aliphatic carbocycles. The molecule has 0 radical (unpaired) electrons. The van der Waals surface area contributed by atoms with Gasteiger partial charge in [-0.3, -0.25) is 4.79 Å². The van der Waals surface area contributed by atoms with Gasteiger partial charge in [-0.05, 0) is 85.6 Å². The highest BCUT2D eigenvalue weighted by molar-refractivity contribution is 5.92. The summed E-state index contributed by atoms with van der Waals surface area (Å²) in [4.78, 5) is 12.2. The van der Waals surface area contributed by atoms with Crippen LogP contribution in [0.4, 0.5) is 5.69 Å². The smallest absolute Gasteiger partial charge is 0.262 e. The van der Waals surface area contributed by atoms with Crippen LogP contribution in [0.15, 0.2) is 71.1 Å². The van der Waals surface area contributed by atoms with Crippen molar-refractivity contribution in [2.45, 2.75) is 13.8 Å². The van der Waals surface area contributed by atoms with E-state index in [1.165, 1.54) is 5.56 Å². The van der Waals surface area contributed by atoms with Crippen LogP contribution in [0.3, 0.4) is 0 Å². The Hall–Kier alpha value is -4.13. The summed E-state index contributed by atoms with van der Waals surface area (Å²) >= 11 is 0. The molecule has 0 spiro atoms. The number of hydrogen-bond acceptors (Lipinski definition) is 6. The Bertz CT molecular complexity index is 1210. The van der Waals surface area contributed by atoms with E-state index in [-0.39, 0.29) is 12.5 Å². The zero-order valence-electron chi connectivity index (χ0n) is 18.1. The number of nitrogens with one attached hydrogen (secondary N) is 1. The number of hydrogen-bond donors (Lipinski definition) is 1. The van der Waals surface area contributed by atoms with Gasteiger partial charge in [0.2, 0.25) is 11.8 Å². The van der Waals surface area contributed by atoms with Crippen LogP contribution in [-0.4, -0.2) is 29.8 Å². The Morgan fingerprint density at radius 2 is 1.44 bits per heavy atom. The van der Waals surface area contributed by atoms with E-state index in [1.807, 2.05) is 68.4 Å². The van der Waals surface area contributed by atoms with Crippen molar-refractivity contribution in [3.8, 4) is 34.4 Å². The minimum absolute atomic E-state index is 0.0703. The molecule has 4 rings (SSSR count). The normalized spacial score (nSPS) is 10.6. The molecule has 0 aliphatic rings. The second-order valence-electron chi connectivity index (χ2n) is 7.30. The highest BCUT2D eigenvalue weighted by Gasteiger charge is 2.11. The predicted molar refractivity (Wildman–Crippen MR) is 122 cm³/mol. The van der Waals surface area contributed by atoms with Crippen molar-refractivity contribution in [2.75, 3.05) is 19.0 Å². The lowest BCUT2D eigenvalue weighted by atomic mass is 10.1. The molecule has 0 saturated heterocycles. The van der Waals surface area contributed by atoms with Gasteiger partial charge in [-0.25, -0.2) is 0 Å². The molecule has 0 saturated carbocycles. The zero-order valence-corrected chi connectivity index (χ0v) is 18.1. The number of benzene rings is 3. The van der Waals surface area contributed by atoms with E-state index in [0.717, 1.165) is 22.4 Å². The van der Waals surface area contributed by atoms with Crippen LogP contribution in [-0.2, 0) is 4.79 Å². The van der Waals surface area contributed by atoms with Crippen molar-refractivity contribution in [1.82, 2.24) is 10.2 Å². The predicted octanol–water partition coefficient (Wildman–Crippen LogP) is 5.05. The number of rotatable bonds is 7. The van der Waals surface area contributed by atoms with Gasteiger partial charge in [-0.1, -0.05) is 6.07 Å². The van der Waals surface area contributed by atoms with Crippen LogP contribution in [0.5, 0.6) is 11.5 Å². The third kappa shape index (κ3) is 4.95. The minimum atomic E-state index is -0.240. The van der Waals surface area contributed by atoms with Crippen LogP contribution in [0, 0.1) is 13.8 Å². The van der Waals surface area contributed by atoms with Gasteiger partial charge in [0.25, 0.3) is 5.91 Å². The Kier molecular flexibility index (Phi) is 6.17. The van der Waals surface area contributed by atoms with Crippen LogP contribution >= 0.6 is 0 Å². The molecule has 1 N–H and O–H groups in total. The number of anilines is 1. The molecule has 1 aromatic heterocycles. The molecule has 162 valence electrons. The van der Waals surface area contributed by atoms with Gasteiger partial charge in [0.05, 0.1) is 7.11 Å². The average molecular weight is 429 g/mol. The van der Waals surface area contributed by atoms with Gasteiger partial charge >= 0.3 is 0 Å². The van der Waals surface area contributed by atoms with Gasteiger partial charge in [0.1, 0.15) is 11.5 Å². The van der Waals surface area contributed by atoms with Crippen molar-refractivity contribution < 1.29 is 18.7 Å². The number of aryl methyl sites for hydroxylation is 2. The maximum atomic E-state index is 12.2. The lowest BCUT2D eigenvalue weighted by Crippen LogP contribution is -2.20. The van der Waals surface area contributed by atoms with Crippen molar-refractivity contribution in [3.63, 3.8) is 0 Å². The fraction of sp³-hybridized carbons (Fsp3) is 0.160. The molecular formula is C25H23N3O4. The quantitative estimate of drug-likeness (QED) is 0.443. The fourth-order valence-corrected chi connectivity index (χ4v) is 3.04. The second-order valence-corrected chi connectivity index (χ2v) is 7.30. The minimum Gasteiger partial charge on any atom is -0.497 e. The molecule has 32 heavy (non-hydrogen) atoms. The van der Waals surface area contributed by atoms with E-state index >= 15 is 0 Å². The van der Waals surface area contributed by atoms with Crippen LogP contribution in [0.1, 0.15) is 11.1 Å². The van der Waals surface area contributed by atoms with E-state index in [0.29, 0.717) is 23.2 Å². The van der Waals surface area contributed by atoms with E-state index in [9.17, 15) is 4.79 Å². The van der Waals surface area contributed by atoms with Gasteiger partial charge < -0.3 is 19.2 Å². The number of carbonyl (C=O) groups is 1.